The summed E-state index contributed by atoms with van der Waals surface area (Å²) in [5, 5.41) is 9.71. The summed E-state index contributed by atoms with van der Waals surface area (Å²) >= 11 is 0. The van der Waals surface area contributed by atoms with Gasteiger partial charge < -0.3 is 4.74 Å². The molecule has 0 atom stereocenters. The van der Waals surface area contributed by atoms with Gasteiger partial charge in [-0.1, -0.05) is 0 Å². The molecule has 5 nitrogen and oxygen atoms in total. The zero-order valence-corrected chi connectivity index (χ0v) is 8.70. The predicted octanol–water partition coefficient (Wildman–Crippen LogP) is 1.19. The molecular formula is C9H15N3O2. The van der Waals surface area contributed by atoms with Gasteiger partial charge in [0.05, 0.1) is 11.8 Å². The van der Waals surface area contributed by atoms with E-state index in [0.29, 0.717) is 18.5 Å². The van der Waals surface area contributed by atoms with E-state index in [1.807, 2.05) is 13.8 Å². The van der Waals surface area contributed by atoms with Crippen molar-refractivity contribution in [1.82, 2.24) is 15.4 Å². The molecular weight excluding hydrogens is 182 g/mol. The second-order valence-corrected chi connectivity index (χ2v) is 3.74. The van der Waals surface area contributed by atoms with Crippen molar-refractivity contribution in [1.29, 1.82) is 0 Å². The van der Waals surface area contributed by atoms with Crippen LogP contribution in [0.25, 0.3) is 0 Å². The second kappa shape index (κ2) is 4.32. The summed E-state index contributed by atoms with van der Waals surface area (Å²) < 4.78 is 5.21. The van der Waals surface area contributed by atoms with Crippen molar-refractivity contribution >= 4 is 5.78 Å². The van der Waals surface area contributed by atoms with Crippen molar-refractivity contribution in [2.75, 3.05) is 7.11 Å². The van der Waals surface area contributed by atoms with Gasteiger partial charge in [-0.2, -0.15) is 15.4 Å². The standard InChI is InChI=1S/C9H15N3O2/c1-9(2,14-3)5-4-8(13)7-6-10-12-11-7/h6H,4-5H2,1-3H3,(H,10,11,12). The number of aromatic amines is 1. The molecule has 0 aliphatic carbocycles. The molecule has 1 N–H and O–H groups in total. The number of H-pyrrole nitrogens is 1. The molecule has 0 spiro atoms. The molecule has 1 aromatic rings. The van der Waals surface area contributed by atoms with E-state index in [9.17, 15) is 4.79 Å². The van der Waals surface area contributed by atoms with E-state index in [0.717, 1.165) is 0 Å². The number of nitrogens with one attached hydrogen (secondary N) is 1. The van der Waals surface area contributed by atoms with Crippen LogP contribution in [0.4, 0.5) is 0 Å². The molecule has 0 saturated carbocycles. The molecule has 1 heterocycles. The van der Waals surface area contributed by atoms with Gasteiger partial charge in [-0.05, 0) is 20.3 Å². The number of hydrogen-bond acceptors (Lipinski definition) is 4. The van der Waals surface area contributed by atoms with Crippen LogP contribution in [0, 0.1) is 0 Å². The first-order chi connectivity index (χ1) is 6.55. The minimum absolute atomic E-state index is 0.0103. The molecule has 0 aromatic carbocycles. The van der Waals surface area contributed by atoms with Gasteiger partial charge in [0.15, 0.2) is 5.78 Å². The molecule has 78 valence electrons. The van der Waals surface area contributed by atoms with Crippen LogP contribution in [-0.2, 0) is 4.74 Å². The van der Waals surface area contributed by atoms with Crippen molar-refractivity contribution in [3.05, 3.63) is 11.9 Å². The van der Waals surface area contributed by atoms with Gasteiger partial charge in [-0.3, -0.25) is 4.79 Å². The van der Waals surface area contributed by atoms with Gasteiger partial charge in [0.25, 0.3) is 0 Å². The maximum absolute atomic E-state index is 11.5. The lowest BCUT2D eigenvalue weighted by Gasteiger charge is -2.21. The van der Waals surface area contributed by atoms with Gasteiger partial charge in [-0.25, -0.2) is 0 Å². The number of nitrogens with zero attached hydrogens (tertiary/aromatic N) is 2. The number of carbonyl (C=O) groups excluding carboxylic acids is 1. The third-order valence-corrected chi connectivity index (χ3v) is 2.21. The normalized spacial score (nSPS) is 11.6. The Morgan fingerprint density at radius 3 is 2.86 bits per heavy atom. The lowest BCUT2D eigenvalue weighted by molar-refractivity contribution is 0.0141. The largest absolute Gasteiger partial charge is 0.379 e. The van der Waals surface area contributed by atoms with Crippen molar-refractivity contribution in [2.24, 2.45) is 0 Å². The van der Waals surface area contributed by atoms with Crippen LogP contribution in [0.2, 0.25) is 0 Å². The average Bonchev–Trinajstić information content (AvgIpc) is 2.67. The average molecular weight is 197 g/mol. The number of Topliss-reactive ketones (excluding diaryl/α,β-unsaturated/α-hetero) is 1. The highest BCUT2D eigenvalue weighted by molar-refractivity contribution is 5.93. The monoisotopic (exact) mass is 197 g/mol. The lowest BCUT2D eigenvalue weighted by atomic mass is 10.00. The Labute approximate surface area is 82.8 Å². The van der Waals surface area contributed by atoms with Crippen molar-refractivity contribution in [3.63, 3.8) is 0 Å². The molecule has 0 amide bonds. The van der Waals surface area contributed by atoms with Crippen molar-refractivity contribution in [2.45, 2.75) is 32.3 Å². The third-order valence-electron chi connectivity index (χ3n) is 2.21. The Hall–Kier alpha value is -1.23. The molecule has 1 rings (SSSR count). The zero-order chi connectivity index (χ0) is 10.6. The van der Waals surface area contributed by atoms with Crippen molar-refractivity contribution in [3.8, 4) is 0 Å². The summed E-state index contributed by atoms with van der Waals surface area (Å²) in [5.74, 6) is -0.0103. The first-order valence-corrected chi connectivity index (χ1v) is 4.49. The van der Waals surface area contributed by atoms with Gasteiger partial charge in [-0.15, -0.1) is 0 Å². The van der Waals surface area contributed by atoms with Crippen LogP contribution < -0.4 is 0 Å². The van der Waals surface area contributed by atoms with Crippen LogP contribution in [0.15, 0.2) is 6.20 Å². The molecule has 0 fully saturated rings. The maximum atomic E-state index is 11.5. The molecule has 14 heavy (non-hydrogen) atoms. The Morgan fingerprint density at radius 2 is 2.36 bits per heavy atom. The fourth-order valence-electron chi connectivity index (χ4n) is 0.981. The van der Waals surface area contributed by atoms with E-state index in [2.05, 4.69) is 15.4 Å². The highest BCUT2D eigenvalue weighted by Crippen LogP contribution is 2.16. The number of carbonyl (C=O) groups is 1. The molecule has 0 radical (unpaired) electrons. The Bertz CT molecular complexity index is 293. The van der Waals surface area contributed by atoms with Crippen LogP contribution in [0.3, 0.4) is 0 Å². The van der Waals surface area contributed by atoms with E-state index >= 15 is 0 Å². The molecule has 0 unspecified atom stereocenters. The summed E-state index contributed by atoms with van der Waals surface area (Å²) in [5.41, 5.74) is 0.122. The topological polar surface area (TPSA) is 67.9 Å². The molecule has 1 aromatic heterocycles. The van der Waals surface area contributed by atoms with E-state index in [-0.39, 0.29) is 11.4 Å². The van der Waals surface area contributed by atoms with E-state index in [4.69, 9.17) is 4.74 Å². The highest BCUT2D eigenvalue weighted by Gasteiger charge is 2.19. The third kappa shape index (κ3) is 2.92. The first kappa shape index (κ1) is 10.8. The SMILES string of the molecule is COC(C)(C)CCC(=O)c1cn[nH]n1. The molecule has 0 bridgehead atoms. The van der Waals surface area contributed by atoms with Crippen LogP contribution in [-0.4, -0.2) is 33.9 Å². The quantitative estimate of drug-likeness (QED) is 0.720. The van der Waals surface area contributed by atoms with E-state index in [1.54, 1.807) is 7.11 Å². The van der Waals surface area contributed by atoms with Gasteiger partial charge in [0.2, 0.25) is 0 Å². The minimum atomic E-state index is -0.264. The van der Waals surface area contributed by atoms with Crippen molar-refractivity contribution < 1.29 is 9.53 Å². The first-order valence-electron chi connectivity index (χ1n) is 4.49. The Balaban J connectivity index is 2.43. The number of ketones is 1. The lowest BCUT2D eigenvalue weighted by Crippen LogP contribution is -2.23. The number of hydrogen-bond donors (Lipinski definition) is 1. The maximum Gasteiger partial charge on any atom is 0.184 e. The summed E-state index contributed by atoms with van der Waals surface area (Å²) in [4.78, 5) is 11.5. The van der Waals surface area contributed by atoms with Crippen LogP contribution >= 0.6 is 0 Å². The van der Waals surface area contributed by atoms with Gasteiger partial charge in [0, 0.05) is 13.5 Å². The zero-order valence-electron chi connectivity index (χ0n) is 8.70. The van der Waals surface area contributed by atoms with Gasteiger partial charge >= 0.3 is 0 Å². The fourth-order valence-corrected chi connectivity index (χ4v) is 0.981. The second-order valence-electron chi connectivity index (χ2n) is 3.74. The van der Waals surface area contributed by atoms with Crippen LogP contribution in [0.1, 0.15) is 37.2 Å². The summed E-state index contributed by atoms with van der Waals surface area (Å²) in [7, 11) is 1.64. The van der Waals surface area contributed by atoms with Gasteiger partial charge in [0.1, 0.15) is 5.69 Å². The predicted molar refractivity (Wildman–Crippen MR) is 51.0 cm³/mol. The molecule has 0 saturated heterocycles. The van der Waals surface area contributed by atoms with E-state index < -0.39 is 0 Å². The molecule has 0 aliphatic heterocycles. The van der Waals surface area contributed by atoms with E-state index in [1.165, 1.54) is 6.20 Å². The number of methoxy groups -OCH3 is 1. The molecule has 5 heteroatoms. The fraction of sp³-hybridized carbons (Fsp3) is 0.667. The smallest absolute Gasteiger partial charge is 0.184 e. The number of ether oxygens (including phenoxy) is 1. The Kier molecular flexibility index (Phi) is 3.35. The molecule has 0 aliphatic rings. The summed E-state index contributed by atoms with van der Waals surface area (Å²) in [6, 6.07) is 0. The number of aromatic nitrogens is 3. The highest BCUT2D eigenvalue weighted by atomic mass is 16.5. The minimum Gasteiger partial charge on any atom is -0.379 e. The summed E-state index contributed by atoms with van der Waals surface area (Å²) in [6.07, 6.45) is 2.53. The Morgan fingerprint density at radius 1 is 1.64 bits per heavy atom. The summed E-state index contributed by atoms with van der Waals surface area (Å²) in [6.45, 7) is 3.89. The number of rotatable bonds is 5. The van der Waals surface area contributed by atoms with Crippen LogP contribution in [0.5, 0.6) is 0 Å².